The summed E-state index contributed by atoms with van der Waals surface area (Å²) in [5, 5.41) is 7.73. The van der Waals surface area contributed by atoms with Gasteiger partial charge in [-0.05, 0) is 49.2 Å². The van der Waals surface area contributed by atoms with Crippen molar-refractivity contribution in [2.75, 3.05) is 23.8 Å². The van der Waals surface area contributed by atoms with Crippen LogP contribution in [0.2, 0.25) is 0 Å². The number of nitrogens with one attached hydrogen (secondary N) is 2. The number of ether oxygens (including phenoxy) is 1. The highest BCUT2D eigenvalue weighted by Crippen LogP contribution is 2.25. The first-order chi connectivity index (χ1) is 12.3. The molecular weight excluding hydrogens is 380 g/mol. The van der Waals surface area contributed by atoms with Crippen LogP contribution < -0.4 is 10.6 Å². The van der Waals surface area contributed by atoms with Crippen LogP contribution in [0.4, 0.5) is 17.5 Å². The van der Waals surface area contributed by atoms with E-state index in [0.29, 0.717) is 5.95 Å². The van der Waals surface area contributed by atoms with Crippen molar-refractivity contribution in [2.45, 2.75) is 18.9 Å². The zero-order chi connectivity index (χ0) is 17.1. The number of halogens is 1. The molecule has 2 heterocycles. The Labute approximate surface area is 155 Å². The smallest absolute Gasteiger partial charge is 0.229 e. The van der Waals surface area contributed by atoms with Crippen LogP contribution in [-0.2, 0) is 4.74 Å². The van der Waals surface area contributed by atoms with Gasteiger partial charge in [-0.25, -0.2) is 4.98 Å². The highest BCUT2D eigenvalue weighted by atomic mass is 79.9. The van der Waals surface area contributed by atoms with Gasteiger partial charge in [-0.15, -0.1) is 0 Å². The average molecular weight is 399 g/mol. The molecule has 0 spiro atoms. The minimum absolute atomic E-state index is 0.261. The zero-order valence-electron chi connectivity index (χ0n) is 13.7. The van der Waals surface area contributed by atoms with Crippen LogP contribution >= 0.6 is 15.9 Å². The van der Waals surface area contributed by atoms with Crippen molar-refractivity contribution in [1.82, 2.24) is 9.97 Å². The molecule has 25 heavy (non-hydrogen) atoms. The Kier molecular flexibility index (Phi) is 4.81. The summed E-state index contributed by atoms with van der Waals surface area (Å²) in [6, 6.07) is 16.0. The summed E-state index contributed by atoms with van der Waals surface area (Å²) in [7, 11) is 0. The normalized spacial score (nSPS) is 16.9. The molecule has 0 saturated carbocycles. The number of anilines is 3. The van der Waals surface area contributed by atoms with Gasteiger partial charge in [0.15, 0.2) is 0 Å². The van der Waals surface area contributed by atoms with Crippen LogP contribution in [0.25, 0.3) is 10.9 Å². The molecular formula is C19H19BrN4O. The van der Waals surface area contributed by atoms with Gasteiger partial charge in [-0.1, -0.05) is 28.1 Å². The Balaban J connectivity index is 1.61. The van der Waals surface area contributed by atoms with Crippen molar-refractivity contribution in [3.63, 3.8) is 0 Å². The van der Waals surface area contributed by atoms with E-state index < -0.39 is 0 Å². The van der Waals surface area contributed by atoms with Crippen molar-refractivity contribution in [3.05, 3.63) is 53.0 Å². The summed E-state index contributed by atoms with van der Waals surface area (Å²) in [6.07, 6.45) is 2.49. The number of rotatable bonds is 5. The van der Waals surface area contributed by atoms with E-state index >= 15 is 0 Å². The van der Waals surface area contributed by atoms with Crippen LogP contribution in [0.1, 0.15) is 12.8 Å². The summed E-state index contributed by atoms with van der Waals surface area (Å²) in [6.45, 7) is 1.62. The molecule has 5 nitrogen and oxygen atoms in total. The molecule has 1 atom stereocenters. The van der Waals surface area contributed by atoms with Gasteiger partial charge in [0.05, 0.1) is 11.6 Å². The van der Waals surface area contributed by atoms with E-state index in [4.69, 9.17) is 4.74 Å². The first-order valence-electron chi connectivity index (χ1n) is 8.43. The van der Waals surface area contributed by atoms with Crippen molar-refractivity contribution in [3.8, 4) is 0 Å². The Bertz CT molecular complexity index is 863. The van der Waals surface area contributed by atoms with Gasteiger partial charge in [0.2, 0.25) is 5.95 Å². The summed E-state index contributed by atoms with van der Waals surface area (Å²) in [5.74, 6) is 1.41. The van der Waals surface area contributed by atoms with E-state index in [1.807, 2.05) is 48.5 Å². The van der Waals surface area contributed by atoms with Crippen molar-refractivity contribution in [1.29, 1.82) is 0 Å². The Hall–Kier alpha value is -2.18. The van der Waals surface area contributed by atoms with E-state index in [1.54, 1.807) is 0 Å². The number of hydrogen-bond donors (Lipinski definition) is 2. The van der Waals surface area contributed by atoms with Crippen LogP contribution in [-0.4, -0.2) is 29.2 Å². The second-order valence-electron chi connectivity index (χ2n) is 6.06. The van der Waals surface area contributed by atoms with E-state index in [9.17, 15) is 0 Å². The zero-order valence-corrected chi connectivity index (χ0v) is 15.3. The largest absolute Gasteiger partial charge is 0.376 e. The molecule has 0 unspecified atom stereocenters. The molecule has 3 aromatic rings. The van der Waals surface area contributed by atoms with Crippen molar-refractivity contribution >= 4 is 44.3 Å². The maximum Gasteiger partial charge on any atom is 0.229 e. The second kappa shape index (κ2) is 7.37. The molecule has 6 heteroatoms. The molecule has 2 N–H and O–H groups in total. The monoisotopic (exact) mass is 398 g/mol. The van der Waals surface area contributed by atoms with Gasteiger partial charge in [0.25, 0.3) is 0 Å². The quantitative estimate of drug-likeness (QED) is 0.650. The molecule has 1 saturated heterocycles. The maximum atomic E-state index is 5.70. The predicted molar refractivity (Wildman–Crippen MR) is 104 cm³/mol. The van der Waals surface area contributed by atoms with Gasteiger partial charge in [0.1, 0.15) is 5.82 Å². The highest BCUT2D eigenvalue weighted by molar-refractivity contribution is 9.10. The van der Waals surface area contributed by atoms with E-state index in [1.165, 1.54) is 0 Å². The first kappa shape index (κ1) is 16.3. The third-order valence-electron chi connectivity index (χ3n) is 4.22. The Morgan fingerprint density at radius 1 is 1.08 bits per heavy atom. The molecule has 1 fully saturated rings. The summed E-state index contributed by atoms with van der Waals surface area (Å²) in [5.41, 5.74) is 1.86. The fraction of sp³-hybridized carbons (Fsp3) is 0.263. The van der Waals surface area contributed by atoms with E-state index in [-0.39, 0.29) is 6.10 Å². The lowest BCUT2D eigenvalue weighted by Crippen LogP contribution is -2.19. The van der Waals surface area contributed by atoms with Gasteiger partial charge in [0, 0.05) is 28.7 Å². The fourth-order valence-electron chi connectivity index (χ4n) is 2.95. The molecule has 1 aromatic heterocycles. The lowest BCUT2D eigenvalue weighted by Gasteiger charge is -2.14. The van der Waals surface area contributed by atoms with Crippen LogP contribution in [0.5, 0.6) is 0 Å². The minimum Gasteiger partial charge on any atom is -0.376 e. The summed E-state index contributed by atoms with van der Waals surface area (Å²) < 4.78 is 6.74. The first-order valence-corrected chi connectivity index (χ1v) is 9.22. The van der Waals surface area contributed by atoms with Crippen LogP contribution in [0.15, 0.2) is 53.0 Å². The minimum atomic E-state index is 0.261. The van der Waals surface area contributed by atoms with Gasteiger partial charge < -0.3 is 15.4 Å². The average Bonchev–Trinajstić information content (AvgIpc) is 3.15. The Morgan fingerprint density at radius 3 is 2.72 bits per heavy atom. The van der Waals surface area contributed by atoms with Crippen molar-refractivity contribution in [2.24, 2.45) is 0 Å². The highest BCUT2D eigenvalue weighted by Gasteiger charge is 2.16. The number of benzene rings is 2. The third kappa shape index (κ3) is 3.91. The maximum absolute atomic E-state index is 5.70. The van der Waals surface area contributed by atoms with E-state index in [2.05, 4.69) is 36.5 Å². The third-order valence-corrected chi connectivity index (χ3v) is 4.75. The molecule has 2 aromatic carbocycles. The molecule has 0 bridgehead atoms. The summed E-state index contributed by atoms with van der Waals surface area (Å²) in [4.78, 5) is 9.31. The summed E-state index contributed by atoms with van der Waals surface area (Å²) >= 11 is 3.45. The Morgan fingerprint density at radius 2 is 1.92 bits per heavy atom. The predicted octanol–water partition coefficient (Wildman–Crippen LogP) is 4.73. The number of aromatic nitrogens is 2. The second-order valence-corrected chi connectivity index (χ2v) is 6.98. The molecule has 0 amide bonds. The molecule has 4 rings (SSSR count). The molecule has 0 aliphatic carbocycles. The van der Waals surface area contributed by atoms with Crippen LogP contribution in [0.3, 0.4) is 0 Å². The van der Waals surface area contributed by atoms with Crippen molar-refractivity contribution < 1.29 is 4.74 Å². The standard InChI is InChI=1S/C19H19BrN4O/c20-13-7-9-14(10-8-13)22-19-23-17-6-2-1-5-16(17)18(24-19)21-12-15-4-3-11-25-15/h1-2,5-10,15H,3-4,11-12H2,(H2,21,22,23,24)/t15-/m1/s1. The molecule has 0 radical (unpaired) electrons. The topological polar surface area (TPSA) is 59.1 Å². The fourth-order valence-corrected chi connectivity index (χ4v) is 3.21. The van der Waals surface area contributed by atoms with Crippen LogP contribution in [0, 0.1) is 0 Å². The lowest BCUT2D eigenvalue weighted by atomic mass is 10.2. The molecule has 1 aliphatic heterocycles. The molecule has 128 valence electrons. The number of fused-ring (bicyclic) bond motifs is 1. The SMILES string of the molecule is Brc1ccc(Nc2nc(NC[C@H]3CCCO3)c3ccccc3n2)cc1. The van der Waals surface area contributed by atoms with Gasteiger partial charge >= 0.3 is 0 Å². The van der Waals surface area contributed by atoms with E-state index in [0.717, 1.165) is 52.9 Å². The number of hydrogen-bond acceptors (Lipinski definition) is 5. The number of para-hydroxylation sites is 1. The molecule has 1 aliphatic rings. The van der Waals surface area contributed by atoms with Gasteiger partial charge in [-0.2, -0.15) is 4.98 Å². The van der Waals surface area contributed by atoms with Gasteiger partial charge in [-0.3, -0.25) is 0 Å². The number of nitrogens with zero attached hydrogens (tertiary/aromatic N) is 2. The lowest BCUT2D eigenvalue weighted by molar-refractivity contribution is 0.120.